The van der Waals surface area contributed by atoms with Gasteiger partial charge in [0.05, 0.1) is 15.6 Å². The first-order valence-electron chi connectivity index (χ1n) is 4.99. The molecule has 0 saturated heterocycles. The lowest BCUT2D eigenvalue weighted by atomic mass is 10.3. The van der Waals surface area contributed by atoms with Gasteiger partial charge in [0, 0.05) is 17.6 Å². The molecule has 0 unspecified atom stereocenters. The predicted molar refractivity (Wildman–Crippen MR) is 72.0 cm³/mol. The summed E-state index contributed by atoms with van der Waals surface area (Å²) in [6, 6.07) is 4.36. The minimum atomic E-state index is -0.518. The number of halogens is 1. The van der Waals surface area contributed by atoms with Crippen LogP contribution in [0.1, 0.15) is 0 Å². The van der Waals surface area contributed by atoms with Crippen LogP contribution in [0.2, 0.25) is 5.02 Å². The van der Waals surface area contributed by atoms with Crippen molar-refractivity contribution in [2.45, 2.75) is 4.90 Å². The fourth-order valence-corrected chi connectivity index (χ4v) is 2.14. The van der Waals surface area contributed by atoms with Crippen LogP contribution < -0.4 is 5.32 Å². The molecule has 1 N–H and O–H groups in total. The number of carbonyl (C=O) groups is 1. The van der Waals surface area contributed by atoms with Gasteiger partial charge in [-0.1, -0.05) is 17.7 Å². The fraction of sp³-hybridized carbons (Fsp3) is 0.182. The van der Waals surface area contributed by atoms with E-state index in [0.717, 1.165) is 11.8 Å². The van der Waals surface area contributed by atoms with E-state index in [9.17, 15) is 14.9 Å². The second-order valence-corrected chi connectivity index (χ2v) is 4.70. The third kappa shape index (κ3) is 4.38. The van der Waals surface area contributed by atoms with Crippen molar-refractivity contribution in [2.24, 2.45) is 0 Å². The Morgan fingerprint density at radius 3 is 2.94 bits per heavy atom. The molecule has 0 aromatic heterocycles. The maximum Gasteiger partial charge on any atom is 0.284 e. The Kier molecular flexibility index (Phi) is 5.67. The standard InChI is InChI=1S/C11H11ClN2O3S/c1-2-5-13-11(15)7-18-10-4-3-8(12)6-9(10)14(16)17/h2-4,6H,1,5,7H2,(H,13,15). The molecule has 0 bridgehead atoms. The Balaban J connectivity index is 2.69. The first-order chi connectivity index (χ1) is 8.54. The molecule has 0 spiro atoms. The van der Waals surface area contributed by atoms with Crippen molar-refractivity contribution in [1.29, 1.82) is 0 Å². The van der Waals surface area contributed by atoms with E-state index in [0.29, 0.717) is 16.5 Å². The third-order valence-corrected chi connectivity index (χ3v) is 3.22. The van der Waals surface area contributed by atoms with Gasteiger partial charge in [0.2, 0.25) is 5.91 Å². The third-order valence-electron chi connectivity index (χ3n) is 1.92. The van der Waals surface area contributed by atoms with Gasteiger partial charge in [-0.3, -0.25) is 14.9 Å². The molecule has 0 aliphatic heterocycles. The van der Waals surface area contributed by atoms with Crippen LogP contribution in [0.4, 0.5) is 5.69 Å². The lowest BCUT2D eigenvalue weighted by molar-refractivity contribution is -0.387. The van der Waals surface area contributed by atoms with Gasteiger partial charge in [-0.15, -0.1) is 18.3 Å². The second-order valence-electron chi connectivity index (χ2n) is 3.25. The molecule has 1 amide bonds. The lowest BCUT2D eigenvalue weighted by Crippen LogP contribution is -2.24. The Bertz CT molecular complexity index is 479. The van der Waals surface area contributed by atoms with Gasteiger partial charge in [-0.05, 0) is 12.1 Å². The van der Waals surface area contributed by atoms with Crippen LogP contribution in [0.15, 0.2) is 35.7 Å². The topological polar surface area (TPSA) is 72.2 Å². The summed E-state index contributed by atoms with van der Waals surface area (Å²) >= 11 is 6.78. The second kappa shape index (κ2) is 7.03. The number of amides is 1. The zero-order valence-electron chi connectivity index (χ0n) is 9.39. The van der Waals surface area contributed by atoms with Gasteiger partial charge in [0.15, 0.2) is 0 Å². The number of hydrogen-bond donors (Lipinski definition) is 1. The molecule has 7 heteroatoms. The number of nitrogens with one attached hydrogen (secondary N) is 1. The summed E-state index contributed by atoms with van der Waals surface area (Å²) in [7, 11) is 0. The van der Waals surface area contributed by atoms with E-state index in [1.807, 2.05) is 0 Å². The molecule has 18 heavy (non-hydrogen) atoms. The van der Waals surface area contributed by atoms with E-state index in [1.54, 1.807) is 12.1 Å². The molecule has 0 atom stereocenters. The van der Waals surface area contributed by atoms with E-state index < -0.39 is 4.92 Å². The van der Waals surface area contributed by atoms with Gasteiger partial charge < -0.3 is 5.32 Å². The van der Waals surface area contributed by atoms with Crippen molar-refractivity contribution in [3.63, 3.8) is 0 Å². The van der Waals surface area contributed by atoms with Crippen molar-refractivity contribution in [3.05, 3.63) is 46.0 Å². The molecule has 1 aromatic carbocycles. The highest BCUT2D eigenvalue weighted by Crippen LogP contribution is 2.31. The van der Waals surface area contributed by atoms with Gasteiger partial charge in [-0.2, -0.15) is 0 Å². The zero-order chi connectivity index (χ0) is 13.5. The van der Waals surface area contributed by atoms with Crippen LogP contribution in [-0.2, 0) is 4.79 Å². The Morgan fingerprint density at radius 2 is 2.33 bits per heavy atom. The number of carbonyl (C=O) groups excluding carboxylic acids is 1. The Labute approximate surface area is 113 Å². The first kappa shape index (κ1) is 14.5. The summed E-state index contributed by atoms with van der Waals surface area (Å²) in [6.07, 6.45) is 1.56. The molecular formula is C11H11ClN2O3S. The predicted octanol–water partition coefficient (Wildman–Crippen LogP) is 2.64. The van der Waals surface area contributed by atoms with Crippen LogP contribution in [0.25, 0.3) is 0 Å². The van der Waals surface area contributed by atoms with Gasteiger partial charge in [0.1, 0.15) is 0 Å². The average molecular weight is 287 g/mol. The van der Waals surface area contributed by atoms with E-state index in [1.165, 1.54) is 12.1 Å². The van der Waals surface area contributed by atoms with Crippen LogP contribution in [0.5, 0.6) is 0 Å². The van der Waals surface area contributed by atoms with Gasteiger partial charge >= 0.3 is 0 Å². The number of nitrogens with zero attached hydrogens (tertiary/aromatic N) is 1. The molecule has 0 heterocycles. The molecule has 0 aliphatic rings. The number of hydrogen-bond acceptors (Lipinski definition) is 4. The zero-order valence-corrected chi connectivity index (χ0v) is 11.0. The summed E-state index contributed by atoms with van der Waals surface area (Å²) < 4.78 is 0. The molecule has 96 valence electrons. The minimum Gasteiger partial charge on any atom is -0.352 e. The number of nitro benzene ring substituents is 1. The van der Waals surface area contributed by atoms with Crippen molar-refractivity contribution < 1.29 is 9.72 Å². The van der Waals surface area contributed by atoms with Gasteiger partial charge in [0.25, 0.3) is 5.69 Å². The number of nitro groups is 1. The summed E-state index contributed by atoms with van der Waals surface area (Å²) in [5.74, 6) is -0.0970. The highest BCUT2D eigenvalue weighted by molar-refractivity contribution is 8.00. The first-order valence-corrected chi connectivity index (χ1v) is 6.35. The normalized spacial score (nSPS) is 9.83. The largest absolute Gasteiger partial charge is 0.352 e. The van der Waals surface area contributed by atoms with Crippen LogP contribution >= 0.6 is 23.4 Å². The average Bonchev–Trinajstić information content (AvgIpc) is 2.34. The molecule has 5 nitrogen and oxygen atoms in total. The fourth-order valence-electron chi connectivity index (χ4n) is 1.14. The van der Waals surface area contributed by atoms with Gasteiger partial charge in [-0.25, -0.2) is 0 Å². The highest BCUT2D eigenvalue weighted by Gasteiger charge is 2.15. The molecule has 1 aromatic rings. The number of benzene rings is 1. The van der Waals surface area contributed by atoms with E-state index in [4.69, 9.17) is 11.6 Å². The van der Waals surface area contributed by atoms with E-state index in [-0.39, 0.29) is 17.3 Å². The summed E-state index contributed by atoms with van der Waals surface area (Å²) in [4.78, 5) is 22.1. The Morgan fingerprint density at radius 1 is 1.61 bits per heavy atom. The minimum absolute atomic E-state index is 0.0935. The quantitative estimate of drug-likeness (QED) is 0.378. The number of thioether (sulfide) groups is 1. The van der Waals surface area contributed by atoms with Crippen molar-refractivity contribution in [3.8, 4) is 0 Å². The SMILES string of the molecule is C=CCNC(=O)CSc1ccc(Cl)cc1[N+](=O)[O-]. The van der Waals surface area contributed by atoms with Crippen molar-refractivity contribution in [2.75, 3.05) is 12.3 Å². The number of rotatable bonds is 6. The molecule has 0 radical (unpaired) electrons. The highest BCUT2D eigenvalue weighted by atomic mass is 35.5. The summed E-state index contributed by atoms with van der Waals surface area (Å²) in [6.45, 7) is 3.85. The molecule has 0 fully saturated rings. The smallest absolute Gasteiger partial charge is 0.284 e. The maximum absolute atomic E-state index is 11.3. The summed E-state index contributed by atoms with van der Waals surface area (Å²) in [5, 5.41) is 13.7. The van der Waals surface area contributed by atoms with Crippen LogP contribution in [0, 0.1) is 10.1 Å². The molecular weight excluding hydrogens is 276 g/mol. The monoisotopic (exact) mass is 286 g/mol. The van der Waals surface area contributed by atoms with Crippen molar-refractivity contribution >= 4 is 35.0 Å². The van der Waals surface area contributed by atoms with E-state index in [2.05, 4.69) is 11.9 Å². The summed E-state index contributed by atoms with van der Waals surface area (Å²) in [5.41, 5.74) is -0.0935. The van der Waals surface area contributed by atoms with Crippen LogP contribution in [0.3, 0.4) is 0 Å². The van der Waals surface area contributed by atoms with Crippen LogP contribution in [-0.4, -0.2) is 23.1 Å². The molecule has 0 aliphatic carbocycles. The Hall–Kier alpha value is -1.53. The molecule has 1 rings (SSSR count). The molecule has 0 saturated carbocycles. The lowest BCUT2D eigenvalue weighted by Gasteiger charge is -2.04. The van der Waals surface area contributed by atoms with E-state index >= 15 is 0 Å². The van der Waals surface area contributed by atoms with Crippen molar-refractivity contribution in [1.82, 2.24) is 5.32 Å². The maximum atomic E-state index is 11.3.